The molecular weight excluding hydrogens is 246 g/mol. The zero-order valence-corrected chi connectivity index (χ0v) is 10.7. The SMILES string of the molecule is N#CCCN(CCC#N)C(=O)C1CCCC1C(=O)O. The van der Waals surface area contributed by atoms with Crippen LogP contribution in [-0.2, 0) is 9.59 Å². The van der Waals surface area contributed by atoms with E-state index in [0.717, 1.165) is 6.42 Å². The standard InChI is InChI=1S/C13H17N3O3/c14-6-2-8-16(9-3-7-15)12(17)10-4-1-5-11(10)13(18)19/h10-11H,1-5,8-9H2,(H,18,19). The molecule has 0 aliphatic heterocycles. The van der Waals surface area contributed by atoms with Crippen molar-refractivity contribution in [2.45, 2.75) is 32.1 Å². The van der Waals surface area contributed by atoms with Gasteiger partial charge in [-0.3, -0.25) is 9.59 Å². The van der Waals surface area contributed by atoms with Gasteiger partial charge in [-0.25, -0.2) is 0 Å². The number of carbonyl (C=O) groups excluding carboxylic acids is 1. The Hall–Kier alpha value is -2.08. The van der Waals surface area contributed by atoms with Gasteiger partial charge in [-0.05, 0) is 12.8 Å². The lowest BCUT2D eigenvalue weighted by Gasteiger charge is -2.25. The monoisotopic (exact) mass is 263 g/mol. The lowest BCUT2D eigenvalue weighted by Crippen LogP contribution is -2.40. The minimum Gasteiger partial charge on any atom is -0.481 e. The minimum absolute atomic E-state index is 0.196. The van der Waals surface area contributed by atoms with Gasteiger partial charge in [0.05, 0.1) is 36.8 Å². The van der Waals surface area contributed by atoms with Crippen molar-refractivity contribution in [3.05, 3.63) is 0 Å². The van der Waals surface area contributed by atoms with Crippen LogP contribution in [0.4, 0.5) is 0 Å². The quantitative estimate of drug-likeness (QED) is 0.773. The zero-order chi connectivity index (χ0) is 14.3. The summed E-state index contributed by atoms with van der Waals surface area (Å²) in [5, 5.41) is 26.3. The number of amides is 1. The molecule has 0 aromatic carbocycles. The van der Waals surface area contributed by atoms with E-state index in [-0.39, 0.29) is 31.8 Å². The molecule has 1 N–H and O–H groups in total. The molecule has 0 heterocycles. The Morgan fingerprint density at radius 2 is 1.63 bits per heavy atom. The summed E-state index contributed by atoms with van der Waals surface area (Å²) >= 11 is 0. The topological polar surface area (TPSA) is 105 Å². The van der Waals surface area contributed by atoms with Gasteiger partial charge in [-0.1, -0.05) is 6.42 Å². The molecule has 0 spiro atoms. The summed E-state index contributed by atoms with van der Waals surface area (Å²) in [6, 6.07) is 3.92. The highest BCUT2D eigenvalue weighted by Crippen LogP contribution is 2.33. The maximum Gasteiger partial charge on any atom is 0.307 e. The first kappa shape index (κ1) is 15.0. The fourth-order valence-corrected chi connectivity index (χ4v) is 2.49. The van der Waals surface area contributed by atoms with E-state index < -0.39 is 17.8 Å². The van der Waals surface area contributed by atoms with Gasteiger partial charge in [0.2, 0.25) is 5.91 Å². The third kappa shape index (κ3) is 3.96. The molecule has 2 atom stereocenters. The Labute approximate surface area is 112 Å². The smallest absolute Gasteiger partial charge is 0.307 e. The third-order valence-electron chi connectivity index (χ3n) is 3.45. The van der Waals surface area contributed by atoms with E-state index in [4.69, 9.17) is 15.6 Å². The average Bonchev–Trinajstić information content (AvgIpc) is 2.87. The number of nitriles is 2. The van der Waals surface area contributed by atoms with Gasteiger partial charge in [0.15, 0.2) is 0 Å². The van der Waals surface area contributed by atoms with Crippen LogP contribution in [-0.4, -0.2) is 35.0 Å². The Kier molecular flexibility index (Phi) is 5.81. The molecule has 0 aromatic heterocycles. The van der Waals surface area contributed by atoms with Crippen LogP contribution in [0, 0.1) is 34.5 Å². The van der Waals surface area contributed by atoms with Crippen molar-refractivity contribution in [1.29, 1.82) is 10.5 Å². The van der Waals surface area contributed by atoms with Gasteiger partial charge in [0.1, 0.15) is 0 Å². The lowest BCUT2D eigenvalue weighted by molar-refractivity contribution is -0.149. The van der Waals surface area contributed by atoms with E-state index in [9.17, 15) is 9.59 Å². The normalized spacial score (nSPS) is 21.4. The molecule has 1 amide bonds. The highest BCUT2D eigenvalue weighted by Gasteiger charge is 2.39. The number of carboxylic acid groups (broad SMARTS) is 1. The number of nitrogens with zero attached hydrogens (tertiary/aromatic N) is 3. The van der Waals surface area contributed by atoms with E-state index in [1.54, 1.807) is 0 Å². The Morgan fingerprint density at radius 1 is 1.11 bits per heavy atom. The van der Waals surface area contributed by atoms with Crippen molar-refractivity contribution in [3.8, 4) is 12.1 Å². The van der Waals surface area contributed by atoms with Gasteiger partial charge >= 0.3 is 5.97 Å². The Bertz CT molecular complexity index is 404. The number of rotatable bonds is 6. The van der Waals surface area contributed by atoms with E-state index in [2.05, 4.69) is 0 Å². The molecule has 19 heavy (non-hydrogen) atoms. The number of hydrogen-bond acceptors (Lipinski definition) is 4. The number of carboxylic acids is 1. The molecule has 0 bridgehead atoms. The Balaban J connectivity index is 2.72. The maximum absolute atomic E-state index is 12.3. The fraction of sp³-hybridized carbons (Fsp3) is 0.692. The molecule has 1 aliphatic rings. The summed E-state index contributed by atoms with van der Waals surface area (Å²) in [7, 11) is 0. The molecule has 102 valence electrons. The first-order chi connectivity index (χ1) is 9.11. The van der Waals surface area contributed by atoms with Crippen LogP contribution >= 0.6 is 0 Å². The molecular formula is C13H17N3O3. The van der Waals surface area contributed by atoms with Crippen molar-refractivity contribution in [2.75, 3.05) is 13.1 Å². The van der Waals surface area contributed by atoms with E-state index in [1.807, 2.05) is 12.1 Å². The summed E-state index contributed by atoms with van der Waals surface area (Å²) < 4.78 is 0. The van der Waals surface area contributed by atoms with Crippen LogP contribution in [0.25, 0.3) is 0 Å². The van der Waals surface area contributed by atoms with Crippen molar-refractivity contribution in [1.82, 2.24) is 4.90 Å². The van der Waals surface area contributed by atoms with E-state index >= 15 is 0 Å². The van der Waals surface area contributed by atoms with Gasteiger partial charge in [0.25, 0.3) is 0 Å². The molecule has 1 saturated carbocycles. The highest BCUT2D eigenvalue weighted by atomic mass is 16.4. The molecule has 1 rings (SSSR count). The van der Waals surface area contributed by atoms with Crippen molar-refractivity contribution in [2.24, 2.45) is 11.8 Å². The van der Waals surface area contributed by atoms with Gasteiger partial charge < -0.3 is 10.0 Å². The van der Waals surface area contributed by atoms with Gasteiger partial charge in [0, 0.05) is 13.1 Å². The Morgan fingerprint density at radius 3 is 2.11 bits per heavy atom. The van der Waals surface area contributed by atoms with Gasteiger partial charge in [-0.15, -0.1) is 0 Å². The summed E-state index contributed by atoms with van der Waals surface area (Å²) in [4.78, 5) is 24.9. The maximum atomic E-state index is 12.3. The largest absolute Gasteiger partial charge is 0.481 e. The molecule has 2 unspecified atom stereocenters. The van der Waals surface area contributed by atoms with Crippen LogP contribution < -0.4 is 0 Å². The highest BCUT2D eigenvalue weighted by molar-refractivity contribution is 5.85. The zero-order valence-electron chi connectivity index (χ0n) is 10.7. The van der Waals surface area contributed by atoms with E-state index in [0.29, 0.717) is 12.8 Å². The van der Waals surface area contributed by atoms with Crippen LogP contribution in [0.3, 0.4) is 0 Å². The van der Waals surface area contributed by atoms with Gasteiger partial charge in [-0.2, -0.15) is 10.5 Å². The molecule has 1 fully saturated rings. The second-order valence-electron chi connectivity index (χ2n) is 4.62. The number of aliphatic carboxylic acids is 1. The summed E-state index contributed by atoms with van der Waals surface area (Å²) in [5.74, 6) is -2.29. The van der Waals surface area contributed by atoms with Crippen LogP contribution in [0.15, 0.2) is 0 Å². The molecule has 0 radical (unpaired) electrons. The lowest BCUT2D eigenvalue weighted by atomic mass is 9.94. The predicted molar refractivity (Wildman–Crippen MR) is 65.5 cm³/mol. The van der Waals surface area contributed by atoms with Crippen molar-refractivity contribution < 1.29 is 14.7 Å². The van der Waals surface area contributed by atoms with Crippen LogP contribution in [0.1, 0.15) is 32.1 Å². The van der Waals surface area contributed by atoms with Crippen LogP contribution in [0.2, 0.25) is 0 Å². The average molecular weight is 263 g/mol. The number of carbonyl (C=O) groups is 2. The number of hydrogen-bond donors (Lipinski definition) is 1. The van der Waals surface area contributed by atoms with E-state index in [1.165, 1.54) is 4.90 Å². The summed E-state index contributed by atoms with van der Waals surface area (Å²) in [6.45, 7) is 0.527. The second kappa shape index (κ2) is 7.38. The first-order valence-corrected chi connectivity index (χ1v) is 6.37. The second-order valence-corrected chi connectivity index (χ2v) is 4.62. The molecule has 1 aliphatic carbocycles. The van der Waals surface area contributed by atoms with Crippen LogP contribution in [0.5, 0.6) is 0 Å². The molecule has 0 saturated heterocycles. The predicted octanol–water partition coefficient (Wildman–Crippen LogP) is 1.14. The van der Waals surface area contributed by atoms with Crippen molar-refractivity contribution >= 4 is 11.9 Å². The fourth-order valence-electron chi connectivity index (χ4n) is 2.49. The molecule has 6 nitrogen and oxygen atoms in total. The minimum atomic E-state index is -0.934. The van der Waals surface area contributed by atoms with Crippen molar-refractivity contribution in [3.63, 3.8) is 0 Å². The first-order valence-electron chi connectivity index (χ1n) is 6.37. The summed E-state index contributed by atoms with van der Waals surface area (Å²) in [5.41, 5.74) is 0. The molecule has 6 heteroatoms. The third-order valence-corrected chi connectivity index (χ3v) is 3.45. The summed E-state index contributed by atoms with van der Waals surface area (Å²) in [6.07, 6.45) is 2.22. The molecule has 0 aromatic rings.